The highest BCUT2D eigenvalue weighted by Gasteiger charge is 2.13. The number of carbonyl (C=O) groups excluding carboxylic acids is 2. The first kappa shape index (κ1) is 38.9. The molecule has 0 heterocycles. The van der Waals surface area contributed by atoms with Crippen LogP contribution in [-0.4, -0.2) is 25.2 Å². The van der Waals surface area contributed by atoms with E-state index in [1.165, 1.54) is 109 Å². The molecule has 0 spiro atoms. The van der Waals surface area contributed by atoms with Crippen LogP contribution in [0.25, 0.3) is 0 Å². The highest BCUT2D eigenvalue weighted by Crippen LogP contribution is 2.18. The second-order valence-electron chi connectivity index (χ2n) is 12.6. The van der Waals surface area contributed by atoms with Crippen LogP contribution in [0.2, 0.25) is 0 Å². The molecule has 4 heteroatoms. The SMILES string of the molecule is CCCCC(CC)COC(=O)CCCCCCCCCCCCCCCC(C)CC(=O)OCC(CC)CCCC. The first-order valence-electron chi connectivity index (χ1n) is 17.8. The fraction of sp³-hybridized carbons (Fsp3) is 0.944. The molecule has 0 aliphatic rings. The molecule has 238 valence electrons. The van der Waals surface area contributed by atoms with Crippen LogP contribution < -0.4 is 0 Å². The third kappa shape index (κ3) is 25.9. The number of hydrogen-bond acceptors (Lipinski definition) is 4. The number of rotatable bonds is 30. The van der Waals surface area contributed by atoms with E-state index in [1.54, 1.807) is 0 Å². The smallest absolute Gasteiger partial charge is 0.306 e. The van der Waals surface area contributed by atoms with E-state index in [9.17, 15) is 9.59 Å². The largest absolute Gasteiger partial charge is 0.465 e. The maximum absolute atomic E-state index is 12.2. The van der Waals surface area contributed by atoms with E-state index in [0.29, 0.717) is 43.8 Å². The van der Waals surface area contributed by atoms with Crippen molar-refractivity contribution < 1.29 is 19.1 Å². The van der Waals surface area contributed by atoms with E-state index in [1.807, 2.05) is 0 Å². The minimum Gasteiger partial charge on any atom is -0.465 e. The van der Waals surface area contributed by atoms with Crippen molar-refractivity contribution in [1.82, 2.24) is 0 Å². The molecule has 3 unspecified atom stereocenters. The summed E-state index contributed by atoms with van der Waals surface area (Å²) in [6, 6.07) is 0. The predicted molar refractivity (Wildman–Crippen MR) is 172 cm³/mol. The Morgan fingerprint density at radius 2 is 0.900 bits per heavy atom. The lowest BCUT2D eigenvalue weighted by Crippen LogP contribution is -2.15. The summed E-state index contributed by atoms with van der Waals surface area (Å²) in [5.74, 6) is 1.51. The summed E-state index contributed by atoms with van der Waals surface area (Å²) in [4.78, 5) is 24.1. The van der Waals surface area contributed by atoms with Crippen molar-refractivity contribution in [3.8, 4) is 0 Å². The fourth-order valence-electron chi connectivity index (χ4n) is 5.44. The first-order valence-corrected chi connectivity index (χ1v) is 17.8. The zero-order chi connectivity index (χ0) is 29.7. The van der Waals surface area contributed by atoms with E-state index in [2.05, 4.69) is 34.6 Å². The zero-order valence-corrected chi connectivity index (χ0v) is 27.7. The standard InChI is InChI=1S/C36H70O4/c1-6-10-26-33(8-3)30-39-35(37)28-24-22-20-18-16-14-12-13-15-17-19-21-23-25-32(5)29-36(38)40-31-34(9-4)27-11-7-2/h32-34H,6-31H2,1-5H3. The molecule has 0 N–H and O–H groups in total. The predicted octanol–water partition coefficient (Wildman–Crippen LogP) is 11.4. The quantitative estimate of drug-likeness (QED) is 0.0641. The van der Waals surface area contributed by atoms with Gasteiger partial charge in [0.25, 0.3) is 0 Å². The van der Waals surface area contributed by atoms with Crippen LogP contribution in [0.5, 0.6) is 0 Å². The van der Waals surface area contributed by atoms with Crippen LogP contribution in [0.15, 0.2) is 0 Å². The van der Waals surface area contributed by atoms with Crippen molar-refractivity contribution >= 4 is 11.9 Å². The van der Waals surface area contributed by atoms with Crippen molar-refractivity contribution in [2.75, 3.05) is 13.2 Å². The van der Waals surface area contributed by atoms with Gasteiger partial charge in [-0.1, -0.05) is 157 Å². The summed E-state index contributed by atoms with van der Waals surface area (Å²) in [6.07, 6.45) is 28.4. The van der Waals surface area contributed by atoms with Gasteiger partial charge in [0.1, 0.15) is 0 Å². The molecule has 0 bridgehead atoms. The highest BCUT2D eigenvalue weighted by molar-refractivity contribution is 5.69. The van der Waals surface area contributed by atoms with Gasteiger partial charge in [-0.2, -0.15) is 0 Å². The average molecular weight is 567 g/mol. The van der Waals surface area contributed by atoms with Crippen molar-refractivity contribution in [3.05, 3.63) is 0 Å². The second kappa shape index (κ2) is 29.4. The van der Waals surface area contributed by atoms with E-state index in [-0.39, 0.29) is 11.9 Å². The number of carbonyl (C=O) groups is 2. The molecule has 0 aromatic heterocycles. The Kier molecular flexibility index (Phi) is 28.7. The van der Waals surface area contributed by atoms with Crippen molar-refractivity contribution in [1.29, 1.82) is 0 Å². The molecule has 0 saturated carbocycles. The Morgan fingerprint density at radius 3 is 1.32 bits per heavy atom. The van der Waals surface area contributed by atoms with Crippen LogP contribution in [0.4, 0.5) is 0 Å². The highest BCUT2D eigenvalue weighted by atomic mass is 16.5. The Bertz CT molecular complexity index is 561. The minimum absolute atomic E-state index is 0.000680. The molecule has 0 aromatic carbocycles. The van der Waals surface area contributed by atoms with Gasteiger partial charge >= 0.3 is 11.9 Å². The first-order chi connectivity index (χ1) is 19.5. The van der Waals surface area contributed by atoms with Crippen molar-refractivity contribution in [3.63, 3.8) is 0 Å². The Balaban J connectivity index is 3.45. The van der Waals surface area contributed by atoms with Gasteiger partial charge < -0.3 is 9.47 Å². The average Bonchev–Trinajstić information content (AvgIpc) is 2.95. The Hall–Kier alpha value is -1.06. The molecule has 0 aliphatic carbocycles. The van der Waals surface area contributed by atoms with Gasteiger partial charge in [0, 0.05) is 12.8 Å². The van der Waals surface area contributed by atoms with Gasteiger partial charge in [-0.05, 0) is 37.0 Å². The third-order valence-corrected chi connectivity index (χ3v) is 8.64. The maximum Gasteiger partial charge on any atom is 0.306 e. The zero-order valence-electron chi connectivity index (χ0n) is 27.7. The van der Waals surface area contributed by atoms with Crippen LogP contribution in [0.3, 0.4) is 0 Å². The topological polar surface area (TPSA) is 52.6 Å². The van der Waals surface area contributed by atoms with E-state index in [0.717, 1.165) is 32.1 Å². The summed E-state index contributed by atoms with van der Waals surface area (Å²) in [5.41, 5.74) is 0. The maximum atomic E-state index is 12.2. The van der Waals surface area contributed by atoms with Gasteiger partial charge in [0.05, 0.1) is 13.2 Å². The molecule has 0 aliphatic heterocycles. The Morgan fingerprint density at radius 1 is 0.500 bits per heavy atom. The van der Waals surface area contributed by atoms with Crippen LogP contribution in [0.1, 0.15) is 189 Å². The molecule has 40 heavy (non-hydrogen) atoms. The van der Waals surface area contributed by atoms with Crippen LogP contribution >= 0.6 is 0 Å². The molecule has 0 saturated heterocycles. The number of esters is 2. The molecule has 0 radical (unpaired) electrons. The molecular formula is C36H70O4. The molecule has 0 fully saturated rings. The summed E-state index contributed by atoms with van der Waals surface area (Å²) >= 11 is 0. The van der Waals surface area contributed by atoms with E-state index in [4.69, 9.17) is 9.47 Å². The number of unbranched alkanes of at least 4 members (excludes halogenated alkanes) is 14. The minimum atomic E-state index is 0.000680. The van der Waals surface area contributed by atoms with Gasteiger partial charge in [-0.25, -0.2) is 0 Å². The summed E-state index contributed by atoms with van der Waals surface area (Å²) in [6.45, 7) is 12.2. The van der Waals surface area contributed by atoms with E-state index < -0.39 is 0 Å². The summed E-state index contributed by atoms with van der Waals surface area (Å²) < 4.78 is 11.1. The lowest BCUT2D eigenvalue weighted by molar-refractivity contribution is -0.146. The van der Waals surface area contributed by atoms with Crippen molar-refractivity contribution in [2.45, 2.75) is 189 Å². The lowest BCUT2D eigenvalue weighted by atomic mass is 9.98. The van der Waals surface area contributed by atoms with Gasteiger partial charge in [-0.15, -0.1) is 0 Å². The Labute approximate surface area is 250 Å². The summed E-state index contributed by atoms with van der Waals surface area (Å²) in [5, 5.41) is 0. The normalized spacial score (nSPS) is 13.6. The van der Waals surface area contributed by atoms with Gasteiger partial charge in [0.2, 0.25) is 0 Å². The molecular weight excluding hydrogens is 496 g/mol. The fourth-order valence-corrected chi connectivity index (χ4v) is 5.44. The molecule has 4 nitrogen and oxygen atoms in total. The molecule has 0 amide bonds. The second-order valence-corrected chi connectivity index (χ2v) is 12.6. The third-order valence-electron chi connectivity index (χ3n) is 8.64. The van der Waals surface area contributed by atoms with Crippen LogP contribution in [0, 0.1) is 17.8 Å². The van der Waals surface area contributed by atoms with E-state index >= 15 is 0 Å². The molecule has 0 rings (SSSR count). The van der Waals surface area contributed by atoms with Crippen LogP contribution in [-0.2, 0) is 19.1 Å². The summed E-state index contributed by atoms with van der Waals surface area (Å²) in [7, 11) is 0. The number of ether oxygens (including phenoxy) is 2. The van der Waals surface area contributed by atoms with Gasteiger partial charge in [-0.3, -0.25) is 9.59 Å². The van der Waals surface area contributed by atoms with Gasteiger partial charge in [0.15, 0.2) is 0 Å². The van der Waals surface area contributed by atoms with Crippen molar-refractivity contribution in [2.24, 2.45) is 17.8 Å². The molecule has 0 aromatic rings. The monoisotopic (exact) mass is 567 g/mol. The molecule has 3 atom stereocenters. The number of hydrogen-bond donors (Lipinski definition) is 0. The lowest BCUT2D eigenvalue weighted by Gasteiger charge is -2.16.